The molecule has 0 bridgehead atoms. The Bertz CT molecular complexity index is 508. The quantitative estimate of drug-likeness (QED) is 0.901. The molecule has 2 fully saturated rings. The fraction of sp³-hybridized carbons (Fsp3) is 0.533. The highest BCUT2D eigenvalue weighted by Gasteiger charge is 2.27. The first-order chi connectivity index (χ1) is 10.2. The highest BCUT2D eigenvalue weighted by Crippen LogP contribution is 2.27. The topological polar surface area (TPSA) is 65.5 Å². The summed E-state index contributed by atoms with van der Waals surface area (Å²) < 4.78 is 0. The van der Waals surface area contributed by atoms with Crippen LogP contribution in [-0.4, -0.2) is 59.4 Å². The number of hydrogen-bond donors (Lipinski definition) is 1. The molecule has 21 heavy (non-hydrogen) atoms. The van der Waals surface area contributed by atoms with E-state index in [-0.39, 0.29) is 11.9 Å². The van der Waals surface area contributed by atoms with Gasteiger partial charge in [-0.2, -0.15) is 0 Å². The van der Waals surface area contributed by atoms with E-state index in [1.54, 1.807) is 28.1 Å². The first-order valence-corrected chi connectivity index (χ1v) is 7.47. The molecule has 0 unspecified atom stereocenters. The second-order valence-corrected chi connectivity index (χ2v) is 5.62. The molecule has 1 N–H and O–H groups in total. The molecule has 1 saturated heterocycles. The van der Waals surface area contributed by atoms with E-state index in [1.807, 2.05) is 6.07 Å². The molecule has 0 spiro atoms. The Morgan fingerprint density at radius 1 is 1.14 bits per heavy atom. The fourth-order valence-electron chi connectivity index (χ4n) is 2.43. The maximum Gasteiger partial charge on any atom is 0.317 e. The van der Waals surface area contributed by atoms with Crippen LogP contribution in [0.25, 0.3) is 0 Å². The van der Waals surface area contributed by atoms with Gasteiger partial charge in [-0.15, -0.1) is 0 Å². The van der Waals surface area contributed by atoms with Gasteiger partial charge < -0.3 is 15.1 Å². The van der Waals surface area contributed by atoms with Crippen molar-refractivity contribution >= 4 is 11.9 Å². The molecule has 0 atom stereocenters. The lowest BCUT2D eigenvalue weighted by Crippen LogP contribution is -2.53. The van der Waals surface area contributed by atoms with Crippen molar-refractivity contribution in [3.05, 3.63) is 30.1 Å². The zero-order valence-electron chi connectivity index (χ0n) is 12.0. The van der Waals surface area contributed by atoms with Gasteiger partial charge in [-0.25, -0.2) is 4.79 Å². The summed E-state index contributed by atoms with van der Waals surface area (Å²) in [6.45, 7) is 3.06. The van der Waals surface area contributed by atoms with Crippen LogP contribution in [0.5, 0.6) is 0 Å². The van der Waals surface area contributed by atoms with Gasteiger partial charge in [0.15, 0.2) is 0 Å². The Labute approximate surface area is 124 Å². The summed E-state index contributed by atoms with van der Waals surface area (Å²) >= 11 is 0. The van der Waals surface area contributed by atoms with Gasteiger partial charge in [0, 0.05) is 38.9 Å². The predicted octanol–water partition coefficient (Wildman–Crippen LogP) is 0.959. The van der Waals surface area contributed by atoms with Crippen molar-refractivity contribution in [2.24, 2.45) is 5.92 Å². The summed E-state index contributed by atoms with van der Waals surface area (Å²) in [5.74, 6) is 0.620. The maximum absolute atomic E-state index is 12.2. The number of amides is 3. The summed E-state index contributed by atoms with van der Waals surface area (Å²) in [4.78, 5) is 31.8. The molecule has 112 valence electrons. The molecule has 6 heteroatoms. The predicted molar refractivity (Wildman–Crippen MR) is 77.8 cm³/mol. The highest BCUT2D eigenvalue weighted by molar-refractivity contribution is 5.92. The molecule has 2 aliphatic rings. The van der Waals surface area contributed by atoms with E-state index in [0.29, 0.717) is 37.8 Å². The van der Waals surface area contributed by atoms with E-state index < -0.39 is 0 Å². The lowest BCUT2D eigenvalue weighted by molar-refractivity contribution is 0.0659. The average molecular weight is 288 g/mol. The second kappa shape index (κ2) is 6.11. The smallest absolute Gasteiger partial charge is 0.317 e. The largest absolute Gasteiger partial charge is 0.338 e. The molecule has 0 radical (unpaired) electrons. The third kappa shape index (κ3) is 3.51. The number of pyridine rings is 1. The van der Waals surface area contributed by atoms with Crippen LogP contribution < -0.4 is 5.32 Å². The van der Waals surface area contributed by atoms with Crippen molar-refractivity contribution in [2.45, 2.75) is 12.8 Å². The van der Waals surface area contributed by atoms with Crippen LogP contribution in [0.3, 0.4) is 0 Å². The molecule has 1 aromatic rings. The van der Waals surface area contributed by atoms with Crippen LogP contribution in [0, 0.1) is 5.92 Å². The van der Waals surface area contributed by atoms with Crippen molar-refractivity contribution in [2.75, 3.05) is 32.7 Å². The number of carbonyl (C=O) groups excluding carboxylic acids is 2. The summed E-state index contributed by atoms with van der Waals surface area (Å²) in [7, 11) is 0. The maximum atomic E-state index is 12.2. The van der Waals surface area contributed by atoms with Crippen LogP contribution in [0.4, 0.5) is 4.79 Å². The van der Waals surface area contributed by atoms with E-state index in [2.05, 4.69) is 10.3 Å². The molecule has 1 aromatic heterocycles. The van der Waals surface area contributed by atoms with Crippen molar-refractivity contribution in [3.63, 3.8) is 0 Å². The van der Waals surface area contributed by atoms with Gasteiger partial charge in [0.1, 0.15) is 5.69 Å². The van der Waals surface area contributed by atoms with Gasteiger partial charge in [0.2, 0.25) is 0 Å². The Kier molecular flexibility index (Phi) is 4.03. The fourth-order valence-corrected chi connectivity index (χ4v) is 2.43. The normalized spacial score (nSPS) is 18.5. The Morgan fingerprint density at radius 2 is 1.86 bits per heavy atom. The SMILES string of the molecule is O=C(NCC1CC1)N1CCN(C(=O)c2ccccn2)CC1. The van der Waals surface area contributed by atoms with E-state index in [1.165, 1.54) is 12.8 Å². The van der Waals surface area contributed by atoms with Crippen LogP contribution in [0.1, 0.15) is 23.3 Å². The number of carbonyl (C=O) groups is 2. The zero-order chi connectivity index (χ0) is 14.7. The van der Waals surface area contributed by atoms with Gasteiger partial charge in [-0.3, -0.25) is 9.78 Å². The standard InChI is InChI=1S/C15H20N4O2/c20-14(13-3-1-2-6-16-13)18-7-9-19(10-8-18)15(21)17-11-12-4-5-12/h1-3,6,12H,4-5,7-11H2,(H,17,21). The van der Waals surface area contributed by atoms with Gasteiger partial charge >= 0.3 is 6.03 Å². The minimum Gasteiger partial charge on any atom is -0.338 e. The highest BCUT2D eigenvalue weighted by atomic mass is 16.2. The lowest BCUT2D eigenvalue weighted by Gasteiger charge is -2.34. The number of urea groups is 1. The molecule has 2 heterocycles. The Hall–Kier alpha value is -2.11. The number of hydrogen-bond acceptors (Lipinski definition) is 3. The monoisotopic (exact) mass is 288 g/mol. The molecule has 3 rings (SSSR count). The molecule has 1 saturated carbocycles. The van der Waals surface area contributed by atoms with E-state index >= 15 is 0 Å². The van der Waals surface area contributed by atoms with Crippen molar-refractivity contribution < 1.29 is 9.59 Å². The molecule has 6 nitrogen and oxygen atoms in total. The van der Waals surface area contributed by atoms with Gasteiger partial charge in [0.05, 0.1) is 0 Å². The molecular weight excluding hydrogens is 268 g/mol. The van der Waals surface area contributed by atoms with Crippen LogP contribution in [0.2, 0.25) is 0 Å². The lowest BCUT2D eigenvalue weighted by atomic mass is 10.2. The first-order valence-electron chi connectivity index (χ1n) is 7.47. The van der Waals surface area contributed by atoms with Crippen LogP contribution in [-0.2, 0) is 0 Å². The molecule has 0 aromatic carbocycles. The van der Waals surface area contributed by atoms with Gasteiger partial charge in [0.25, 0.3) is 5.91 Å². The average Bonchev–Trinajstić information content (AvgIpc) is 3.37. The van der Waals surface area contributed by atoms with Gasteiger partial charge in [-0.1, -0.05) is 6.07 Å². The summed E-state index contributed by atoms with van der Waals surface area (Å²) in [6, 6.07) is 5.31. The van der Waals surface area contributed by atoms with E-state index in [9.17, 15) is 9.59 Å². The Morgan fingerprint density at radius 3 is 2.48 bits per heavy atom. The molecule has 1 aliphatic heterocycles. The number of nitrogens with one attached hydrogen (secondary N) is 1. The minimum absolute atomic E-state index is 0.00756. The zero-order valence-corrected chi connectivity index (χ0v) is 12.0. The summed E-state index contributed by atoms with van der Waals surface area (Å²) in [5.41, 5.74) is 0.462. The van der Waals surface area contributed by atoms with Crippen molar-refractivity contribution in [3.8, 4) is 0 Å². The van der Waals surface area contributed by atoms with E-state index in [4.69, 9.17) is 0 Å². The molecule has 3 amide bonds. The third-order valence-electron chi connectivity index (χ3n) is 3.98. The Balaban J connectivity index is 1.48. The van der Waals surface area contributed by atoms with Crippen molar-refractivity contribution in [1.29, 1.82) is 0 Å². The number of nitrogens with zero attached hydrogens (tertiary/aromatic N) is 3. The number of aromatic nitrogens is 1. The first kappa shape index (κ1) is 13.9. The number of piperazine rings is 1. The van der Waals surface area contributed by atoms with Crippen molar-refractivity contribution in [1.82, 2.24) is 20.1 Å². The third-order valence-corrected chi connectivity index (χ3v) is 3.98. The second-order valence-electron chi connectivity index (χ2n) is 5.62. The van der Waals surface area contributed by atoms with Crippen LogP contribution >= 0.6 is 0 Å². The molecular formula is C15H20N4O2. The summed E-state index contributed by atoms with van der Waals surface area (Å²) in [6.07, 6.45) is 4.08. The summed E-state index contributed by atoms with van der Waals surface area (Å²) in [5, 5.41) is 2.96. The van der Waals surface area contributed by atoms with Crippen LogP contribution in [0.15, 0.2) is 24.4 Å². The van der Waals surface area contributed by atoms with E-state index in [0.717, 1.165) is 6.54 Å². The van der Waals surface area contributed by atoms with Gasteiger partial charge in [-0.05, 0) is 30.9 Å². The number of rotatable bonds is 3. The minimum atomic E-state index is -0.0614. The molecule has 1 aliphatic carbocycles.